The van der Waals surface area contributed by atoms with Crippen molar-refractivity contribution in [2.75, 3.05) is 49.5 Å². The van der Waals surface area contributed by atoms with E-state index >= 15 is 0 Å². The molecule has 2 heterocycles. The van der Waals surface area contributed by atoms with Gasteiger partial charge in [-0.15, -0.1) is 0 Å². The molecule has 0 atom stereocenters. The van der Waals surface area contributed by atoms with Gasteiger partial charge in [0.1, 0.15) is 11.4 Å². The highest BCUT2D eigenvalue weighted by atomic mass is 16.6. The van der Waals surface area contributed by atoms with E-state index in [1.54, 1.807) is 6.07 Å². The Labute approximate surface area is 165 Å². The molecule has 28 heavy (non-hydrogen) atoms. The lowest BCUT2D eigenvalue weighted by atomic mass is 10.1. The molecule has 0 radical (unpaired) electrons. The Hall–Kier alpha value is -2.80. The molecule has 1 saturated heterocycles. The Bertz CT molecular complexity index is 845. The molecule has 2 aromatic carbocycles. The minimum absolute atomic E-state index is 0.224. The summed E-state index contributed by atoms with van der Waals surface area (Å²) in [5.41, 5.74) is 4.43. The standard InChI is InChI=1S/C21H26N4O3/c1-2-28-17-5-3-16(4-6-17)15-23-11-13-24(14-12-23)21-18-9-10-22-19(18)7-8-20(21)25(26)27/h3-8,22H,2,9-15H2,1H3. The van der Waals surface area contributed by atoms with Gasteiger partial charge in [0.25, 0.3) is 5.69 Å². The number of nitrogens with one attached hydrogen (secondary N) is 1. The van der Waals surface area contributed by atoms with Gasteiger partial charge in [0.15, 0.2) is 0 Å². The monoisotopic (exact) mass is 382 g/mol. The minimum Gasteiger partial charge on any atom is -0.494 e. The number of rotatable bonds is 6. The zero-order chi connectivity index (χ0) is 19.5. The van der Waals surface area contributed by atoms with E-state index in [0.29, 0.717) is 6.61 Å². The van der Waals surface area contributed by atoms with Crippen LogP contribution in [0.5, 0.6) is 5.75 Å². The first-order valence-corrected chi connectivity index (χ1v) is 9.89. The van der Waals surface area contributed by atoms with Crippen LogP contribution in [0.3, 0.4) is 0 Å². The number of nitro benzene ring substituents is 1. The number of fused-ring (bicyclic) bond motifs is 1. The molecule has 0 bridgehead atoms. The molecule has 7 heteroatoms. The summed E-state index contributed by atoms with van der Waals surface area (Å²) in [5.74, 6) is 0.898. The highest BCUT2D eigenvalue weighted by molar-refractivity contribution is 5.78. The Morgan fingerprint density at radius 2 is 1.86 bits per heavy atom. The summed E-state index contributed by atoms with van der Waals surface area (Å²) >= 11 is 0. The molecule has 4 rings (SSSR count). The lowest BCUT2D eigenvalue weighted by molar-refractivity contribution is -0.384. The molecule has 2 aliphatic heterocycles. The van der Waals surface area contributed by atoms with Crippen LogP contribution in [0.15, 0.2) is 36.4 Å². The quantitative estimate of drug-likeness (QED) is 0.611. The fourth-order valence-electron chi connectivity index (χ4n) is 4.11. The second-order valence-corrected chi connectivity index (χ2v) is 7.23. The van der Waals surface area contributed by atoms with Crippen LogP contribution in [-0.4, -0.2) is 49.2 Å². The summed E-state index contributed by atoms with van der Waals surface area (Å²) in [6.07, 6.45) is 0.846. The zero-order valence-corrected chi connectivity index (χ0v) is 16.2. The van der Waals surface area contributed by atoms with Crippen molar-refractivity contribution in [2.45, 2.75) is 19.9 Å². The summed E-state index contributed by atoms with van der Waals surface area (Å²) in [5, 5.41) is 14.9. The third-order valence-corrected chi connectivity index (χ3v) is 5.48. The van der Waals surface area contributed by atoms with E-state index in [0.717, 1.165) is 68.4 Å². The van der Waals surface area contributed by atoms with Crippen LogP contribution < -0.4 is 15.0 Å². The second kappa shape index (κ2) is 8.06. The van der Waals surface area contributed by atoms with Gasteiger partial charge in [-0.2, -0.15) is 0 Å². The summed E-state index contributed by atoms with van der Waals surface area (Å²) in [4.78, 5) is 15.9. The first-order valence-electron chi connectivity index (χ1n) is 9.89. The molecule has 2 aromatic rings. The SMILES string of the molecule is CCOc1ccc(CN2CCN(c3c([N+](=O)[O-])ccc4c3CCN4)CC2)cc1. The van der Waals surface area contributed by atoms with Crippen LogP contribution in [0.1, 0.15) is 18.1 Å². The van der Waals surface area contributed by atoms with Crippen LogP contribution in [0.4, 0.5) is 17.1 Å². The highest BCUT2D eigenvalue weighted by Crippen LogP contribution is 2.39. The second-order valence-electron chi connectivity index (χ2n) is 7.23. The van der Waals surface area contributed by atoms with Crippen LogP contribution >= 0.6 is 0 Å². The smallest absolute Gasteiger partial charge is 0.292 e. The first-order chi connectivity index (χ1) is 13.7. The van der Waals surface area contributed by atoms with Gasteiger partial charge >= 0.3 is 0 Å². The molecule has 0 spiro atoms. The van der Waals surface area contributed by atoms with Gasteiger partial charge in [-0.1, -0.05) is 12.1 Å². The average Bonchev–Trinajstić information content (AvgIpc) is 3.18. The molecule has 1 N–H and O–H groups in total. The third-order valence-electron chi connectivity index (χ3n) is 5.48. The lowest BCUT2D eigenvalue weighted by Gasteiger charge is -2.36. The number of hydrogen-bond acceptors (Lipinski definition) is 6. The van der Waals surface area contributed by atoms with Crippen molar-refractivity contribution in [1.82, 2.24) is 4.90 Å². The molecular formula is C21H26N4O3. The molecule has 0 amide bonds. The Morgan fingerprint density at radius 1 is 1.11 bits per heavy atom. The van der Waals surface area contributed by atoms with Crippen LogP contribution in [0, 0.1) is 10.1 Å². The number of piperazine rings is 1. The molecule has 1 fully saturated rings. The van der Waals surface area contributed by atoms with Gasteiger partial charge < -0.3 is 15.0 Å². The van der Waals surface area contributed by atoms with E-state index in [2.05, 4.69) is 27.2 Å². The van der Waals surface area contributed by atoms with Gasteiger partial charge in [-0.05, 0) is 37.1 Å². The number of anilines is 2. The molecule has 2 aliphatic rings. The van der Waals surface area contributed by atoms with E-state index in [9.17, 15) is 10.1 Å². The zero-order valence-electron chi connectivity index (χ0n) is 16.2. The number of hydrogen-bond donors (Lipinski definition) is 1. The lowest BCUT2D eigenvalue weighted by Crippen LogP contribution is -2.46. The van der Waals surface area contributed by atoms with E-state index in [1.165, 1.54) is 5.56 Å². The maximum Gasteiger partial charge on any atom is 0.292 e. The van der Waals surface area contributed by atoms with Gasteiger partial charge in [-0.3, -0.25) is 15.0 Å². The van der Waals surface area contributed by atoms with E-state index < -0.39 is 0 Å². The summed E-state index contributed by atoms with van der Waals surface area (Å²) in [6.45, 7) is 7.77. The fraction of sp³-hybridized carbons (Fsp3) is 0.429. The average molecular weight is 382 g/mol. The van der Waals surface area contributed by atoms with Crippen molar-refractivity contribution in [3.63, 3.8) is 0 Å². The predicted molar refractivity (Wildman–Crippen MR) is 110 cm³/mol. The number of ether oxygens (including phenoxy) is 1. The van der Waals surface area contributed by atoms with Crippen molar-refractivity contribution in [2.24, 2.45) is 0 Å². The topological polar surface area (TPSA) is 70.9 Å². The largest absolute Gasteiger partial charge is 0.494 e. The van der Waals surface area contributed by atoms with Crippen molar-refractivity contribution in [1.29, 1.82) is 0 Å². The number of nitro groups is 1. The van der Waals surface area contributed by atoms with Crippen LogP contribution in [-0.2, 0) is 13.0 Å². The van der Waals surface area contributed by atoms with E-state index in [1.807, 2.05) is 25.1 Å². The highest BCUT2D eigenvalue weighted by Gasteiger charge is 2.29. The predicted octanol–water partition coefficient (Wildman–Crippen LogP) is 3.28. The maximum absolute atomic E-state index is 11.6. The molecule has 148 valence electrons. The number of nitrogens with zero attached hydrogens (tertiary/aromatic N) is 3. The van der Waals surface area contributed by atoms with Crippen molar-refractivity contribution < 1.29 is 9.66 Å². The molecule has 0 aliphatic carbocycles. The van der Waals surface area contributed by atoms with E-state index in [-0.39, 0.29) is 10.6 Å². The number of benzene rings is 2. The first kappa shape index (κ1) is 18.6. The molecule has 0 saturated carbocycles. The fourth-order valence-corrected chi connectivity index (χ4v) is 4.11. The summed E-state index contributed by atoms with van der Waals surface area (Å²) < 4.78 is 5.50. The maximum atomic E-state index is 11.6. The van der Waals surface area contributed by atoms with Gasteiger partial charge in [0, 0.05) is 56.6 Å². The van der Waals surface area contributed by atoms with Crippen LogP contribution in [0.2, 0.25) is 0 Å². The van der Waals surface area contributed by atoms with Crippen molar-refractivity contribution in [3.8, 4) is 5.75 Å². The van der Waals surface area contributed by atoms with Crippen LogP contribution in [0.25, 0.3) is 0 Å². The van der Waals surface area contributed by atoms with E-state index in [4.69, 9.17) is 4.74 Å². The third kappa shape index (κ3) is 3.75. The summed E-state index contributed by atoms with van der Waals surface area (Å²) in [7, 11) is 0. The normalized spacial score (nSPS) is 16.5. The van der Waals surface area contributed by atoms with Gasteiger partial charge in [0.2, 0.25) is 0 Å². The molecule has 7 nitrogen and oxygen atoms in total. The van der Waals surface area contributed by atoms with Crippen molar-refractivity contribution >= 4 is 17.1 Å². The molecule has 0 aromatic heterocycles. The summed E-state index contributed by atoms with van der Waals surface area (Å²) in [6, 6.07) is 11.7. The van der Waals surface area contributed by atoms with Gasteiger partial charge in [0.05, 0.1) is 11.5 Å². The van der Waals surface area contributed by atoms with Crippen molar-refractivity contribution in [3.05, 3.63) is 57.6 Å². The van der Waals surface area contributed by atoms with Gasteiger partial charge in [-0.25, -0.2) is 0 Å². The minimum atomic E-state index is -0.250. The molecule has 0 unspecified atom stereocenters. The Morgan fingerprint density at radius 3 is 2.54 bits per heavy atom. The Balaban J connectivity index is 1.43. The molecular weight excluding hydrogens is 356 g/mol. The Kier molecular flexibility index (Phi) is 5.34.